The Labute approximate surface area is 177 Å². The van der Waals surface area contributed by atoms with Crippen molar-refractivity contribution < 1.29 is 13.9 Å². The Morgan fingerprint density at radius 3 is 2.73 bits per heavy atom. The van der Waals surface area contributed by atoms with Crippen molar-refractivity contribution in [3.8, 4) is 11.6 Å². The molecule has 2 aromatic heterocycles. The summed E-state index contributed by atoms with van der Waals surface area (Å²) >= 11 is 5.91. The van der Waals surface area contributed by atoms with E-state index >= 15 is 0 Å². The Hall–Kier alpha value is -3.00. The monoisotopic (exact) mass is 427 g/mol. The van der Waals surface area contributed by atoms with Crippen molar-refractivity contribution in [2.45, 2.75) is 31.4 Å². The Bertz CT molecular complexity index is 1060. The molecule has 3 atom stereocenters. The highest BCUT2D eigenvalue weighted by Crippen LogP contribution is 2.38. The maximum atomic E-state index is 14.6. The molecule has 1 aromatic carbocycles. The van der Waals surface area contributed by atoms with Crippen LogP contribution in [0.15, 0.2) is 48.9 Å². The van der Waals surface area contributed by atoms with Crippen LogP contribution in [0.4, 0.5) is 4.39 Å². The third-order valence-electron chi connectivity index (χ3n) is 5.79. The SMILES string of the molecule is O=C(c1cccc(F)c1-n1nccn1)N1CC2CCC1C(Oc1ccc(Cl)cn1)C2. The van der Waals surface area contributed by atoms with Gasteiger partial charge in [-0.2, -0.15) is 10.2 Å². The molecule has 0 spiro atoms. The lowest BCUT2D eigenvalue weighted by Gasteiger charge is -2.49. The zero-order chi connectivity index (χ0) is 20.7. The summed E-state index contributed by atoms with van der Waals surface area (Å²) in [5.41, 5.74) is 0.299. The van der Waals surface area contributed by atoms with Crippen molar-refractivity contribution in [1.29, 1.82) is 0 Å². The minimum Gasteiger partial charge on any atom is -0.472 e. The van der Waals surface area contributed by atoms with Crippen molar-refractivity contribution in [2.24, 2.45) is 5.92 Å². The van der Waals surface area contributed by atoms with E-state index in [2.05, 4.69) is 15.2 Å². The zero-order valence-corrected chi connectivity index (χ0v) is 16.7. The van der Waals surface area contributed by atoms with Crippen LogP contribution in [0.5, 0.6) is 5.88 Å². The molecule has 4 heterocycles. The van der Waals surface area contributed by atoms with Gasteiger partial charge in [0.15, 0.2) is 5.82 Å². The normalized spacial score (nSPS) is 22.9. The number of para-hydroxylation sites is 1. The highest BCUT2D eigenvalue weighted by atomic mass is 35.5. The Morgan fingerprint density at radius 2 is 2.00 bits per heavy atom. The molecule has 2 bridgehead atoms. The van der Waals surface area contributed by atoms with E-state index in [1.165, 1.54) is 30.7 Å². The summed E-state index contributed by atoms with van der Waals surface area (Å²) in [5, 5.41) is 8.56. The van der Waals surface area contributed by atoms with Crippen LogP contribution >= 0.6 is 11.6 Å². The van der Waals surface area contributed by atoms with Crippen LogP contribution < -0.4 is 4.74 Å². The maximum Gasteiger partial charge on any atom is 0.256 e. The van der Waals surface area contributed by atoms with E-state index in [0.717, 1.165) is 24.1 Å². The van der Waals surface area contributed by atoms with E-state index < -0.39 is 5.82 Å². The van der Waals surface area contributed by atoms with Crippen molar-refractivity contribution in [1.82, 2.24) is 24.9 Å². The fourth-order valence-corrected chi connectivity index (χ4v) is 4.57. The molecule has 1 aliphatic carbocycles. The second-order valence-corrected chi connectivity index (χ2v) is 8.07. The molecule has 0 N–H and O–H groups in total. The molecule has 154 valence electrons. The van der Waals surface area contributed by atoms with Crippen LogP contribution in [0.1, 0.15) is 29.6 Å². The number of rotatable bonds is 4. The molecule has 3 aliphatic rings. The molecule has 6 rings (SSSR count). The molecule has 3 unspecified atom stereocenters. The molecule has 0 radical (unpaired) electrons. The van der Waals surface area contributed by atoms with Crippen molar-refractivity contribution in [2.75, 3.05) is 6.54 Å². The predicted molar refractivity (Wildman–Crippen MR) is 107 cm³/mol. The average Bonchev–Trinajstić information content (AvgIpc) is 3.29. The lowest BCUT2D eigenvalue weighted by Crippen LogP contribution is -2.59. The number of fused-ring (bicyclic) bond motifs is 3. The largest absolute Gasteiger partial charge is 0.472 e. The summed E-state index contributed by atoms with van der Waals surface area (Å²) in [6, 6.07) is 7.79. The number of pyridine rings is 1. The second kappa shape index (κ2) is 7.68. The average molecular weight is 428 g/mol. The first-order chi connectivity index (χ1) is 14.6. The van der Waals surface area contributed by atoms with Gasteiger partial charge in [0.05, 0.1) is 29.0 Å². The highest BCUT2D eigenvalue weighted by Gasteiger charge is 2.45. The molecular weight excluding hydrogens is 409 g/mol. The van der Waals surface area contributed by atoms with Crippen LogP contribution in [0.25, 0.3) is 5.69 Å². The van der Waals surface area contributed by atoms with Gasteiger partial charge in [0, 0.05) is 18.8 Å². The van der Waals surface area contributed by atoms with E-state index in [9.17, 15) is 9.18 Å². The molecule has 9 heteroatoms. The minimum atomic E-state index is -0.544. The number of hydrogen-bond donors (Lipinski definition) is 0. The van der Waals surface area contributed by atoms with Crippen molar-refractivity contribution in [3.05, 3.63) is 65.3 Å². The van der Waals surface area contributed by atoms with Gasteiger partial charge in [0.25, 0.3) is 5.91 Å². The Morgan fingerprint density at radius 1 is 1.17 bits per heavy atom. The van der Waals surface area contributed by atoms with Gasteiger partial charge in [-0.3, -0.25) is 4.79 Å². The summed E-state index contributed by atoms with van der Waals surface area (Å²) in [6.45, 7) is 0.625. The topological polar surface area (TPSA) is 73.1 Å². The third kappa shape index (κ3) is 3.41. The van der Waals surface area contributed by atoms with Gasteiger partial charge in [0.2, 0.25) is 5.88 Å². The molecule has 1 amide bonds. The summed E-state index contributed by atoms with van der Waals surface area (Å²) < 4.78 is 20.7. The fraction of sp³-hybridized carbons (Fsp3) is 0.333. The second-order valence-electron chi connectivity index (χ2n) is 7.63. The Balaban J connectivity index is 1.44. The van der Waals surface area contributed by atoms with Crippen molar-refractivity contribution in [3.63, 3.8) is 0 Å². The van der Waals surface area contributed by atoms with Crippen molar-refractivity contribution >= 4 is 17.5 Å². The summed E-state index contributed by atoms with van der Waals surface area (Å²) in [4.78, 5) is 20.7. The molecular formula is C21H19ClFN5O2. The number of amides is 1. The van der Waals surface area contributed by atoms with Crippen LogP contribution in [-0.4, -0.2) is 49.5 Å². The number of hydrogen-bond acceptors (Lipinski definition) is 5. The van der Waals surface area contributed by atoms with Gasteiger partial charge in [-0.05, 0) is 43.4 Å². The number of halogens is 2. The number of aromatic nitrogens is 4. The third-order valence-corrected chi connectivity index (χ3v) is 6.01. The number of carbonyl (C=O) groups is 1. The van der Waals surface area contributed by atoms with Gasteiger partial charge in [-0.15, -0.1) is 4.80 Å². The number of carbonyl (C=O) groups excluding carboxylic acids is 1. The lowest BCUT2D eigenvalue weighted by atomic mass is 9.77. The first kappa shape index (κ1) is 19.0. The van der Waals surface area contributed by atoms with Gasteiger partial charge >= 0.3 is 0 Å². The highest BCUT2D eigenvalue weighted by molar-refractivity contribution is 6.30. The molecule has 3 aromatic rings. The van der Waals surface area contributed by atoms with Crippen LogP contribution in [0, 0.1) is 11.7 Å². The van der Waals surface area contributed by atoms with E-state index in [1.54, 1.807) is 23.1 Å². The minimum absolute atomic E-state index is 0.0609. The number of piperidine rings is 2. The molecule has 2 saturated heterocycles. The number of benzene rings is 1. The Kier molecular flexibility index (Phi) is 4.86. The standard InChI is InChI=1S/C21H19ClFN5O2/c22-14-5-7-19(24-11-14)30-18-10-13-4-6-17(18)27(12-13)21(29)15-2-1-3-16(23)20(15)28-25-8-9-26-28/h1-3,5,7-9,11,13,17-18H,4,6,10,12H2. The molecule has 2 aliphatic heterocycles. The van der Waals surface area contributed by atoms with E-state index in [4.69, 9.17) is 16.3 Å². The van der Waals surface area contributed by atoms with E-state index in [-0.39, 0.29) is 29.3 Å². The number of ether oxygens (including phenoxy) is 1. The summed E-state index contributed by atoms with van der Waals surface area (Å²) in [7, 11) is 0. The molecule has 1 saturated carbocycles. The zero-order valence-electron chi connectivity index (χ0n) is 16.0. The fourth-order valence-electron chi connectivity index (χ4n) is 4.46. The van der Waals surface area contributed by atoms with Crippen LogP contribution in [0.3, 0.4) is 0 Å². The van der Waals surface area contributed by atoms with Gasteiger partial charge < -0.3 is 9.64 Å². The van der Waals surface area contributed by atoms with Crippen LogP contribution in [-0.2, 0) is 0 Å². The predicted octanol–water partition coefficient (Wildman–Crippen LogP) is 3.53. The van der Waals surface area contributed by atoms with Gasteiger partial charge in [-0.1, -0.05) is 17.7 Å². The lowest BCUT2D eigenvalue weighted by molar-refractivity contribution is -0.0313. The molecule has 3 fully saturated rings. The van der Waals surface area contributed by atoms with Crippen LogP contribution in [0.2, 0.25) is 5.02 Å². The maximum absolute atomic E-state index is 14.6. The summed E-state index contributed by atoms with van der Waals surface area (Å²) in [5.74, 6) is 0.0267. The quantitative estimate of drug-likeness (QED) is 0.637. The van der Waals surface area contributed by atoms with E-state index in [0.29, 0.717) is 23.4 Å². The summed E-state index contributed by atoms with van der Waals surface area (Å²) in [6.07, 6.45) is 7.00. The van der Waals surface area contributed by atoms with Gasteiger partial charge in [-0.25, -0.2) is 9.37 Å². The first-order valence-electron chi connectivity index (χ1n) is 9.84. The molecule has 30 heavy (non-hydrogen) atoms. The van der Waals surface area contributed by atoms with E-state index in [1.807, 2.05) is 0 Å². The molecule has 7 nitrogen and oxygen atoms in total. The number of nitrogens with zero attached hydrogens (tertiary/aromatic N) is 5. The van der Waals surface area contributed by atoms with Gasteiger partial charge in [0.1, 0.15) is 11.8 Å². The smallest absolute Gasteiger partial charge is 0.256 e. The first-order valence-corrected chi connectivity index (χ1v) is 10.2.